The van der Waals surface area contributed by atoms with Crippen molar-refractivity contribution < 1.29 is 13.9 Å². The Morgan fingerprint density at radius 1 is 1.12 bits per heavy atom. The molecule has 1 heterocycles. The number of amides is 1. The lowest BCUT2D eigenvalue weighted by Crippen LogP contribution is -2.24. The highest BCUT2D eigenvalue weighted by molar-refractivity contribution is 7.99. The average Bonchev–Trinajstić information content (AvgIpc) is 3.15. The molecule has 1 aromatic heterocycles. The molecule has 2 aromatic carbocycles. The predicted octanol–water partition coefficient (Wildman–Crippen LogP) is 3.46. The van der Waals surface area contributed by atoms with E-state index in [2.05, 4.69) is 15.5 Å². The van der Waals surface area contributed by atoms with Gasteiger partial charge in [-0.15, -0.1) is 10.2 Å². The molecule has 0 aliphatic carbocycles. The van der Waals surface area contributed by atoms with Crippen molar-refractivity contribution >= 4 is 17.7 Å². The quantitative estimate of drug-likeness (QED) is 0.643. The van der Waals surface area contributed by atoms with Crippen molar-refractivity contribution in [2.24, 2.45) is 0 Å². The van der Waals surface area contributed by atoms with Gasteiger partial charge in [0.15, 0.2) is 0 Å². The molecule has 1 N–H and O–H groups in total. The summed E-state index contributed by atoms with van der Waals surface area (Å²) in [5, 5.41) is 11.2. The van der Waals surface area contributed by atoms with Gasteiger partial charge in [-0.05, 0) is 36.8 Å². The zero-order valence-electron chi connectivity index (χ0n) is 14.6. The molecule has 0 saturated carbocycles. The van der Waals surface area contributed by atoms with Crippen LogP contribution in [0.25, 0.3) is 11.5 Å². The van der Waals surface area contributed by atoms with E-state index in [1.807, 2.05) is 55.5 Å². The van der Waals surface area contributed by atoms with Crippen molar-refractivity contribution in [3.8, 4) is 17.2 Å². The minimum atomic E-state index is -0.0835. The summed E-state index contributed by atoms with van der Waals surface area (Å²) in [5.41, 5.74) is 3.06. The van der Waals surface area contributed by atoms with Crippen LogP contribution in [0.4, 0.5) is 0 Å². The van der Waals surface area contributed by atoms with Crippen LogP contribution in [0.2, 0.25) is 0 Å². The van der Waals surface area contributed by atoms with Gasteiger partial charge in [0, 0.05) is 12.1 Å². The first-order valence-electron chi connectivity index (χ1n) is 8.07. The van der Waals surface area contributed by atoms with Crippen LogP contribution in [-0.4, -0.2) is 29.0 Å². The van der Waals surface area contributed by atoms with E-state index in [-0.39, 0.29) is 11.7 Å². The lowest BCUT2D eigenvalue weighted by atomic mass is 10.1. The maximum absolute atomic E-state index is 12.0. The van der Waals surface area contributed by atoms with Crippen LogP contribution >= 0.6 is 11.8 Å². The molecular weight excluding hydrogens is 350 g/mol. The average molecular weight is 369 g/mol. The van der Waals surface area contributed by atoms with Crippen molar-refractivity contribution in [3.05, 3.63) is 59.7 Å². The summed E-state index contributed by atoms with van der Waals surface area (Å²) in [7, 11) is 1.61. The van der Waals surface area contributed by atoms with Crippen molar-refractivity contribution in [3.63, 3.8) is 0 Å². The summed E-state index contributed by atoms with van der Waals surface area (Å²) in [4.78, 5) is 12.0. The minimum Gasteiger partial charge on any atom is -0.497 e. The molecule has 0 fully saturated rings. The van der Waals surface area contributed by atoms with Gasteiger partial charge in [-0.1, -0.05) is 41.6 Å². The fraction of sp³-hybridized carbons (Fsp3) is 0.211. The number of aromatic nitrogens is 2. The van der Waals surface area contributed by atoms with Crippen LogP contribution < -0.4 is 10.1 Å². The van der Waals surface area contributed by atoms with E-state index < -0.39 is 0 Å². The number of ether oxygens (including phenoxy) is 1. The molecule has 0 unspecified atom stereocenters. The van der Waals surface area contributed by atoms with Crippen molar-refractivity contribution in [2.75, 3.05) is 12.9 Å². The van der Waals surface area contributed by atoms with Crippen molar-refractivity contribution in [1.29, 1.82) is 0 Å². The van der Waals surface area contributed by atoms with Crippen LogP contribution in [0.15, 0.2) is 58.2 Å². The topological polar surface area (TPSA) is 77.2 Å². The minimum absolute atomic E-state index is 0.0835. The zero-order valence-corrected chi connectivity index (χ0v) is 15.4. The number of hydrogen-bond donors (Lipinski definition) is 1. The van der Waals surface area contributed by atoms with Gasteiger partial charge in [0.2, 0.25) is 11.8 Å². The maximum Gasteiger partial charge on any atom is 0.277 e. The monoisotopic (exact) mass is 369 g/mol. The highest BCUT2D eigenvalue weighted by Crippen LogP contribution is 2.24. The third-order valence-electron chi connectivity index (χ3n) is 3.68. The first-order chi connectivity index (χ1) is 12.6. The van der Waals surface area contributed by atoms with E-state index in [0.29, 0.717) is 17.7 Å². The number of carbonyl (C=O) groups excluding carboxylic acids is 1. The molecule has 7 heteroatoms. The Balaban J connectivity index is 1.49. The number of benzene rings is 2. The Morgan fingerprint density at radius 2 is 1.85 bits per heavy atom. The number of thioether (sulfide) groups is 1. The standard InChI is InChI=1S/C19H19N3O3S/c1-13-3-5-14(6-4-13)11-20-17(23)12-26-19-22-21-18(25-19)15-7-9-16(24-2)10-8-15/h3-10H,11-12H2,1-2H3,(H,20,23). The number of nitrogens with one attached hydrogen (secondary N) is 1. The fourth-order valence-electron chi connectivity index (χ4n) is 2.20. The molecule has 3 aromatic rings. The van der Waals surface area contributed by atoms with Gasteiger partial charge in [-0.3, -0.25) is 4.79 Å². The third kappa shape index (κ3) is 4.86. The molecule has 26 heavy (non-hydrogen) atoms. The normalized spacial score (nSPS) is 10.5. The van der Waals surface area contributed by atoms with Gasteiger partial charge in [0.25, 0.3) is 5.22 Å². The summed E-state index contributed by atoms with van der Waals surface area (Å²) in [5.74, 6) is 1.30. The zero-order chi connectivity index (χ0) is 18.4. The Labute approximate surface area is 156 Å². The molecule has 0 spiro atoms. The molecule has 0 aliphatic rings. The summed E-state index contributed by atoms with van der Waals surface area (Å²) in [6.45, 7) is 2.53. The second-order valence-corrected chi connectivity index (χ2v) is 6.58. The molecular formula is C19H19N3O3S. The summed E-state index contributed by atoms with van der Waals surface area (Å²) >= 11 is 1.21. The molecule has 0 bridgehead atoms. The molecule has 0 radical (unpaired) electrons. The lowest BCUT2D eigenvalue weighted by Gasteiger charge is -2.04. The SMILES string of the molecule is COc1ccc(-c2nnc(SCC(=O)NCc3ccc(C)cc3)o2)cc1. The Kier molecular flexibility index (Phi) is 5.91. The molecule has 0 aliphatic heterocycles. The van der Waals surface area contributed by atoms with Gasteiger partial charge in [-0.2, -0.15) is 0 Å². The van der Waals surface area contributed by atoms with E-state index in [0.717, 1.165) is 16.9 Å². The molecule has 3 rings (SSSR count). The molecule has 6 nitrogen and oxygen atoms in total. The Morgan fingerprint density at radius 3 is 2.54 bits per heavy atom. The van der Waals surface area contributed by atoms with E-state index in [9.17, 15) is 4.79 Å². The van der Waals surface area contributed by atoms with Crippen molar-refractivity contribution in [1.82, 2.24) is 15.5 Å². The molecule has 1 amide bonds. The smallest absolute Gasteiger partial charge is 0.277 e. The van der Waals surface area contributed by atoms with E-state index in [1.165, 1.54) is 17.3 Å². The molecule has 0 saturated heterocycles. The third-order valence-corrected chi connectivity index (χ3v) is 4.50. The number of rotatable bonds is 7. The van der Waals surface area contributed by atoms with E-state index >= 15 is 0 Å². The van der Waals surface area contributed by atoms with E-state index in [4.69, 9.17) is 9.15 Å². The van der Waals surface area contributed by atoms with Crippen LogP contribution in [0.5, 0.6) is 5.75 Å². The number of nitrogens with zero attached hydrogens (tertiary/aromatic N) is 2. The van der Waals surface area contributed by atoms with Crippen LogP contribution in [-0.2, 0) is 11.3 Å². The summed E-state index contributed by atoms with van der Waals surface area (Å²) < 4.78 is 10.7. The first kappa shape index (κ1) is 18.0. The predicted molar refractivity (Wildman–Crippen MR) is 100 cm³/mol. The summed E-state index contributed by atoms with van der Waals surface area (Å²) in [6, 6.07) is 15.4. The molecule has 0 atom stereocenters. The van der Waals surface area contributed by atoms with Gasteiger partial charge in [0.1, 0.15) is 5.75 Å². The first-order valence-corrected chi connectivity index (χ1v) is 9.05. The van der Waals surface area contributed by atoms with Crippen LogP contribution in [0, 0.1) is 6.92 Å². The second-order valence-electron chi connectivity index (χ2n) is 5.65. The van der Waals surface area contributed by atoms with Crippen LogP contribution in [0.1, 0.15) is 11.1 Å². The lowest BCUT2D eigenvalue weighted by molar-refractivity contribution is -0.118. The van der Waals surface area contributed by atoms with E-state index in [1.54, 1.807) is 7.11 Å². The molecule has 134 valence electrons. The highest BCUT2D eigenvalue weighted by Gasteiger charge is 2.11. The largest absolute Gasteiger partial charge is 0.497 e. The van der Waals surface area contributed by atoms with Gasteiger partial charge < -0.3 is 14.5 Å². The Hall–Kier alpha value is -2.80. The number of methoxy groups -OCH3 is 1. The fourth-order valence-corrected chi connectivity index (χ4v) is 2.80. The Bertz CT molecular complexity index is 860. The van der Waals surface area contributed by atoms with Gasteiger partial charge in [0.05, 0.1) is 12.9 Å². The van der Waals surface area contributed by atoms with Crippen molar-refractivity contribution in [2.45, 2.75) is 18.7 Å². The van der Waals surface area contributed by atoms with Gasteiger partial charge in [-0.25, -0.2) is 0 Å². The summed E-state index contributed by atoms with van der Waals surface area (Å²) in [6.07, 6.45) is 0. The number of carbonyl (C=O) groups is 1. The highest BCUT2D eigenvalue weighted by atomic mass is 32.2. The number of hydrogen-bond acceptors (Lipinski definition) is 6. The maximum atomic E-state index is 12.0. The van der Waals surface area contributed by atoms with Gasteiger partial charge >= 0.3 is 0 Å². The number of aryl methyl sites for hydroxylation is 1. The second kappa shape index (κ2) is 8.53. The van der Waals surface area contributed by atoms with Crippen LogP contribution in [0.3, 0.4) is 0 Å².